The molecule has 6 heteroatoms. The van der Waals surface area contributed by atoms with Gasteiger partial charge < -0.3 is 14.2 Å². The Morgan fingerprint density at radius 3 is 0.658 bits per heavy atom. The molecule has 0 saturated heterocycles. The number of rotatable bonds is 66. The quantitative estimate of drug-likeness (QED) is 0.0261. The van der Waals surface area contributed by atoms with Crippen molar-refractivity contribution >= 4 is 17.9 Å². The van der Waals surface area contributed by atoms with Crippen molar-refractivity contribution in [3.05, 3.63) is 36.5 Å². The summed E-state index contributed by atoms with van der Waals surface area (Å²) in [6.45, 7) is 6.65. The van der Waals surface area contributed by atoms with Gasteiger partial charge in [-0.15, -0.1) is 0 Å². The minimum atomic E-state index is -0.777. The summed E-state index contributed by atoms with van der Waals surface area (Å²) in [6, 6.07) is 0. The fourth-order valence-electron chi connectivity index (χ4n) is 10.7. The average Bonchev–Trinajstić information content (AvgIpc) is 3.45. The van der Waals surface area contributed by atoms with Crippen LogP contribution in [0.3, 0.4) is 0 Å². The molecular formula is C73H136O6. The van der Waals surface area contributed by atoms with E-state index < -0.39 is 6.10 Å². The number of ether oxygens (including phenoxy) is 3. The fraction of sp³-hybridized carbons (Fsp3) is 0.877. The highest BCUT2D eigenvalue weighted by Crippen LogP contribution is 2.18. The maximum absolute atomic E-state index is 12.9. The standard InChI is InChI=1S/C73H136O6/c1-4-7-10-13-16-19-22-25-27-28-29-30-31-32-33-34-35-36-37-38-39-40-41-42-43-44-45-46-47-49-51-54-57-60-63-66-72(75)78-69-70(68-77-71(74)65-62-59-56-53-50-24-21-18-15-12-9-6-3)79-73(76)67-64-61-58-55-52-48-26-23-20-17-14-11-8-5-2/h18,21,23,26,28-29,70H,4-17,19-20,22,24-25,27,30-69H2,1-3H3/b21-18-,26-23-,29-28-. The van der Waals surface area contributed by atoms with Crippen molar-refractivity contribution in [2.24, 2.45) is 0 Å². The van der Waals surface area contributed by atoms with Crippen LogP contribution in [0.15, 0.2) is 36.5 Å². The molecule has 0 aromatic carbocycles. The largest absolute Gasteiger partial charge is 0.462 e. The first-order chi connectivity index (χ1) is 39.0. The number of unbranched alkanes of at least 4 members (excludes halogenated alkanes) is 49. The monoisotopic (exact) mass is 1110 g/mol. The second-order valence-corrected chi connectivity index (χ2v) is 24.1. The van der Waals surface area contributed by atoms with Crippen LogP contribution in [0, 0.1) is 0 Å². The van der Waals surface area contributed by atoms with Crippen LogP contribution in [0.4, 0.5) is 0 Å². The third kappa shape index (κ3) is 66.3. The summed E-state index contributed by atoms with van der Waals surface area (Å²) >= 11 is 0. The van der Waals surface area contributed by atoms with Crippen molar-refractivity contribution in [1.29, 1.82) is 0 Å². The van der Waals surface area contributed by atoms with Gasteiger partial charge in [0, 0.05) is 19.3 Å². The minimum Gasteiger partial charge on any atom is -0.462 e. The number of hydrogen-bond acceptors (Lipinski definition) is 6. The second kappa shape index (κ2) is 68.1. The molecule has 0 bridgehead atoms. The minimum absolute atomic E-state index is 0.0737. The highest BCUT2D eigenvalue weighted by Gasteiger charge is 2.19. The molecule has 0 heterocycles. The lowest BCUT2D eigenvalue weighted by Crippen LogP contribution is -2.30. The van der Waals surface area contributed by atoms with Crippen molar-refractivity contribution in [3.8, 4) is 0 Å². The molecule has 0 radical (unpaired) electrons. The molecule has 6 nitrogen and oxygen atoms in total. The number of esters is 3. The van der Waals surface area contributed by atoms with Crippen LogP contribution in [-0.4, -0.2) is 37.2 Å². The molecule has 0 amide bonds. The Hall–Kier alpha value is -2.37. The predicted octanol–water partition coefficient (Wildman–Crippen LogP) is 24.3. The average molecular weight is 1110 g/mol. The Bertz CT molecular complexity index is 1320. The molecule has 1 atom stereocenters. The van der Waals surface area contributed by atoms with Gasteiger partial charge in [-0.3, -0.25) is 14.4 Å². The highest BCUT2D eigenvalue weighted by molar-refractivity contribution is 5.71. The lowest BCUT2D eigenvalue weighted by atomic mass is 10.0. The van der Waals surface area contributed by atoms with Gasteiger partial charge in [0.1, 0.15) is 13.2 Å². The molecule has 0 spiro atoms. The van der Waals surface area contributed by atoms with Crippen LogP contribution in [0.5, 0.6) is 0 Å². The zero-order valence-corrected chi connectivity index (χ0v) is 53.4. The molecule has 0 saturated carbocycles. The summed E-state index contributed by atoms with van der Waals surface area (Å²) in [7, 11) is 0. The van der Waals surface area contributed by atoms with Crippen molar-refractivity contribution in [2.45, 2.75) is 399 Å². The predicted molar refractivity (Wildman–Crippen MR) is 344 cm³/mol. The molecule has 79 heavy (non-hydrogen) atoms. The van der Waals surface area contributed by atoms with E-state index in [1.807, 2.05) is 0 Å². The molecule has 1 unspecified atom stereocenters. The highest BCUT2D eigenvalue weighted by atomic mass is 16.6. The topological polar surface area (TPSA) is 78.9 Å². The lowest BCUT2D eigenvalue weighted by Gasteiger charge is -2.18. The summed E-state index contributed by atoms with van der Waals surface area (Å²) in [5.74, 6) is -0.869. The number of allylic oxidation sites excluding steroid dienone is 6. The third-order valence-corrected chi connectivity index (χ3v) is 16.1. The molecule has 0 aromatic heterocycles. The van der Waals surface area contributed by atoms with Crippen molar-refractivity contribution < 1.29 is 28.6 Å². The number of hydrogen-bond donors (Lipinski definition) is 0. The van der Waals surface area contributed by atoms with Gasteiger partial charge in [-0.05, 0) is 96.3 Å². The van der Waals surface area contributed by atoms with Gasteiger partial charge >= 0.3 is 17.9 Å². The Morgan fingerprint density at radius 1 is 0.241 bits per heavy atom. The molecule has 0 aliphatic heterocycles. The van der Waals surface area contributed by atoms with Gasteiger partial charge in [0.05, 0.1) is 0 Å². The van der Waals surface area contributed by atoms with E-state index in [0.29, 0.717) is 19.3 Å². The molecule has 0 aliphatic carbocycles. The van der Waals surface area contributed by atoms with Gasteiger partial charge in [0.15, 0.2) is 6.10 Å². The summed E-state index contributed by atoms with van der Waals surface area (Å²) in [5.41, 5.74) is 0. The zero-order valence-electron chi connectivity index (χ0n) is 53.4. The first-order valence-corrected chi connectivity index (χ1v) is 35.5. The van der Waals surface area contributed by atoms with Crippen LogP contribution in [0.25, 0.3) is 0 Å². The van der Waals surface area contributed by atoms with Crippen LogP contribution in [-0.2, 0) is 28.6 Å². The Balaban J connectivity index is 4.01. The van der Waals surface area contributed by atoms with Crippen LogP contribution < -0.4 is 0 Å². The smallest absolute Gasteiger partial charge is 0.306 e. The normalized spacial score (nSPS) is 12.2. The Labute approximate surface area is 493 Å². The summed E-state index contributed by atoms with van der Waals surface area (Å²) in [5, 5.41) is 0. The van der Waals surface area contributed by atoms with Gasteiger partial charge in [-0.25, -0.2) is 0 Å². The van der Waals surface area contributed by atoms with Gasteiger partial charge in [0.2, 0.25) is 0 Å². The third-order valence-electron chi connectivity index (χ3n) is 16.1. The van der Waals surface area contributed by atoms with Gasteiger partial charge in [-0.2, -0.15) is 0 Å². The van der Waals surface area contributed by atoms with Gasteiger partial charge in [-0.1, -0.05) is 314 Å². The first kappa shape index (κ1) is 76.6. The van der Waals surface area contributed by atoms with E-state index >= 15 is 0 Å². The molecule has 0 aliphatic rings. The van der Waals surface area contributed by atoms with Crippen molar-refractivity contribution in [2.75, 3.05) is 13.2 Å². The van der Waals surface area contributed by atoms with E-state index in [0.717, 1.165) is 70.6 Å². The zero-order chi connectivity index (χ0) is 57.1. The van der Waals surface area contributed by atoms with Crippen molar-refractivity contribution in [1.82, 2.24) is 0 Å². The maximum Gasteiger partial charge on any atom is 0.306 e. The number of carbonyl (C=O) groups is 3. The molecule has 0 aromatic rings. The number of carbonyl (C=O) groups excluding carboxylic acids is 3. The lowest BCUT2D eigenvalue weighted by molar-refractivity contribution is -0.167. The van der Waals surface area contributed by atoms with E-state index in [2.05, 4.69) is 57.2 Å². The fourth-order valence-corrected chi connectivity index (χ4v) is 10.7. The van der Waals surface area contributed by atoms with Gasteiger partial charge in [0.25, 0.3) is 0 Å². The van der Waals surface area contributed by atoms with E-state index in [1.54, 1.807) is 0 Å². The van der Waals surface area contributed by atoms with E-state index in [4.69, 9.17) is 14.2 Å². The molecule has 464 valence electrons. The van der Waals surface area contributed by atoms with E-state index in [-0.39, 0.29) is 31.1 Å². The van der Waals surface area contributed by atoms with Crippen molar-refractivity contribution in [3.63, 3.8) is 0 Å². The molecule has 0 fully saturated rings. The SMILES string of the molecule is CCCCC/C=C\CCCCCCCC(=O)OCC(COC(=O)CCCCCCCCCCCCCCCCCCCCCCCCC/C=C\CCCCCCCCCC)OC(=O)CCCCCCC/C=C\CCCCCCC. The van der Waals surface area contributed by atoms with Crippen LogP contribution in [0.1, 0.15) is 393 Å². The summed E-state index contributed by atoms with van der Waals surface area (Å²) < 4.78 is 16.9. The van der Waals surface area contributed by atoms with E-state index in [9.17, 15) is 14.4 Å². The summed E-state index contributed by atoms with van der Waals surface area (Å²) in [6.07, 6.45) is 84.9. The second-order valence-electron chi connectivity index (χ2n) is 24.1. The molecule has 0 rings (SSSR count). The van der Waals surface area contributed by atoms with Crippen LogP contribution >= 0.6 is 0 Å². The molecular weight excluding hydrogens is 973 g/mol. The summed E-state index contributed by atoms with van der Waals surface area (Å²) in [4.78, 5) is 38.3. The van der Waals surface area contributed by atoms with Crippen LogP contribution in [0.2, 0.25) is 0 Å². The first-order valence-electron chi connectivity index (χ1n) is 35.5. The maximum atomic E-state index is 12.9. The van der Waals surface area contributed by atoms with E-state index in [1.165, 1.54) is 283 Å². The Morgan fingerprint density at radius 2 is 0.418 bits per heavy atom. The Kier molecular flexibility index (Phi) is 66.1. The molecule has 0 N–H and O–H groups in total.